The predicted octanol–water partition coefficient (Wildman–Crippen LogP) is 3.70. The highest BCUT2D eigenvalue weighted by Crippen LogP contribution is 2.31. The third-order valence-electron chi connectivity index (χ3n) is 3.24. The normalized spacial score (nSPS) is 20.8. The number of hydrogen-bond donors (Lipinski definition) is 1. The molecule has 0 radical (unpaired) electrons. The number of carbonyl (C=O) groups is 1. The molecule has 0 bridgehead atoms. The summed E-state index contributed by atoms with van der Waals surface area (Å²) >= 11 is 0. The average molecular weight is 252 g/mol. The smallest absolute Gasteiger partial charge is 0.335 e. The van der Waals surface area contributed by atoms with E-state index in [-0.39, 0.29) is 5.60 Å². The van der Waals surface area contributed by atoms with Crippen LogP contribution in [0.15, 0.2) is 22.8 Å². The van der Waals surface area contributed by atoms with Crippen molar-refractivity contribution in [3.05, 3.63) is 22.8 Å². The zero-order valence-corrected chi connectivity index (χ0v) is 11.9. The molecule has 1 N–H and O–H groups in total. The van der Waals surface area contributed by atoms with Crippen LogP contribution in [0.1, 0.15) is 53.4 Å². The molecule has 102 valence electrons. The molecule has 3 heteroatoms. The van der Waals surface area contributed by atoms with Gasteiger partial charge in [-0.15, -0.1) is 0 Å². The minimum absolute atomic E-state index is 0.194. The second kappa shape index (κ2) is 6.19. The molecule has 0 fully saturated rings. The van der Waals surface area contributed by atoms with Crippen LogP contribution in [-0.4, -0.2) is 23.3 Å². The Morgan fingerprint density at radius 2 is 2.17 bits per heavy atom. The Labute approximate surface area is 110 Å². The van der Waals surface area contributed by atoms with Crippen molar-refractivity contribution in [3.63, 3.8) is 0 Å². The summed E-state index contributed by atoms with van der Waals surface area (Å²) in [6.45, 7) is 8.77. The average Bonchev–Trinajstić information content (AvgIpc) is 2.37. The first-order valence-electron chi connectivity index (χ1n) is 6.64. The lowest BCUT2D eigenvalue weighted by Crippen LogP contribution is -2.23. The third-order valence-corrected chi connectivity index (χ3v) is 3.24. The molecule has 0 atom stereocenters. The monoisotopic (exact) mass is 252 g/mol. The Balaban J connectivity index is 3.06. The Kier molecular flexibility index (Phi) is 5.15. The van der Waals surface area contributed by atoms with E-state index in [0.717, 1.165) is 30.4 Å². The van der Waals surface area contributed by atoms with Crippen LogP contribution < -0.4 is 0 Å². The van der Waals surface area contributed by atoms with E-state index in [1.807, 2.05) is 13.0 Å². The van der Waals surface area contributed by atoms with Crippen molar-refractivity contribution >= 4 is 5.97 Å². The van der Waals surface area contributed by atoms with E-state index < -0.39 is 5.97 Å². The Morgan fingerprint density at radius 1 is 1.50 bits per heavy atom. The van der Waals surface area contributed by atoms with Gasteiger partial charge in [-0.2, -0.15) is 0 Å². The van der Waals surface area contributed by atoms with Gasteiger partial charge in [-0.1, -0.05) is 25.0 Å². The lowest BCUT2D eigenvalue weighted by Gasteiger charge is -2.23. The minimum atomic E-state index is -0.822. The number of allylic oxidation sites excluding steroid dienone is 1. The van der Waals surface area contributed by atoms with Gasteiger partial charge in [0.1, 0.15) is 0 Å². The summed E-state index contributed by atoms with van der Waals surface area (Å²) in [6.07, 6.45) is 5.10. The van der Waals surface area contributed by atoms with E-state index in [9.17, 15) is 9.90 Å². The summed E-state index contributed by atoms with van der Waals surface area (Å²) in [5.74, 6) is -0.822. The highest BCUT2D eigenvalue weighted by Gasteiger charge is 2.26. The summed E-state index contributed by atoms with van der Waals surface area (Å²) in [5, 5.41) is 9.35. The van der Waals surface area contributed by atoms with Gasteiger partial charge in [0.2, 0.25) is 0 Å². The zero-order valence-electron chi connectivity index (χ0n) is 11.9. The Morgan fingerprint density at radius 3 is 2.72 bits per heavy atom. The van der Waals surface area contributed by atoms with E-state index in [2.05, 4.69) is 20.8 Å². The first-order valence-corrected chi connectivity index (χ1v) is 6.64. The Bertz CT molecular complexity index is 375. The molecule has 0 aromatic rings. The third kappa shape index (κ3) is 3.98. The molecule has 0 spiro atoms. The summed E-state index contributed by atoms with van der Waals surface area (Å²) in [4.78, 5) is 11.4. The van der Waals surface area contributed by atoms with Gasteiger partial charge in [0, 0.05) is 0 Å². The molecular weight excluding hydrogens is 228 g/mol. The number of hydrogen-bond acceptors (Lipinski definition) is 2. The molecular formula is C15H24O3. The van der Waals surface area contributed by atoms with E-state index in [1.165, 1.54) is 0 Å². The number of unbranched alkanes of at least 4 members (excludes halogenated alkanes) is 1. The van der Waals surface area contributed by atoms with Gasteiger partial charge in [-0.25, -0.2) is 4.79 Å². The molecule has 0 saturated heterocycles. The van der Waals surface area contributed by atoms with Crippen LogP contribution in [0.5, 0.6) is 0 Å². The van der Waals surface area contributed by atoms with Crippen molar-refractivity contribution in [1.82, 2.24) is 0 Å². The van der Waals surface area contributed by atoms with Gasteiger partial charge in [-0.05, 0) is 45.6 Å². The van der Waals surface area contributed by atoms with Gasteiger partial charge < -0.3 is 9.84 Å². The second-order valence-electron chi connectivity index (χ2n) is 5.51. The fourth-order valence-electron chi connectivity index (χ4n) is 2.43. The van der Waals surface area contributed by atoms with Crippen molar-refractivity contribution < 1.29 is 14.6 Å². The maximum atomic E-state index is 11.4. The molecule has 3 nitrogen and oxygen atoms in total. The lowest BCUT2D eigenvalue weighted by molar-refractivity contribution is -0.132. The van der Waals surface area contributed by atoms with Crippen molar-refractivity contribution in [1.29, 1.82) is 0 Å². The van der Waals surface area contributed by atoms with Crippen LogP contribution in [0.3, 0.4) is 0 Å². The number of carboxylic acid groups (broad SMARTS) is 1. The predicted molar refractivity (Wildman–Crippen MR) is 72.6 cm³/mol. The van der Waals surface area contributed by atoms with Gasteiger partial charge in [0.05, 0.1) is 17.8 Å². The van der Waals surface area contributed by atoms with Crippen LogP contribution in [0, 0.1) is 0 Å². The van der Waals surface area contributed by atoms with Crippen molar-refractivity contribution in [2.24, 2.45) is 0 Å². The van der Waals surface area contributed by atoms with Gasteiger partial charge >= 0.3 is 5.97 Å². The largest absolute Gasteiger partial charge is 0.478 e. The Hall–Kier alpha value is -1.09. The molecule has 1 aliphatic rings. The second-order valence-corrected chi connectivity index (χ2v) is 5.51. The topological polar surface area (TPSA) is 46.5 Å². The van der Waals surface area contributed by atoms with Crippen LogP contribution in [-0.2, 0) is 9.53 Å². The van der Waals surface area contributed by atoms with E-state index in [1.54, 1.807) is 0 Å². The quantitative estimate of drug-likeness (QED) is 0.776. The number of rotatable bonds is 4. The molecule has 0 aromatic heterocycles. The first kappa shape index (κ1) is 15.0. The fourth-order valence-corrected chi connectivity index (χ4v) is 2.43. The molecule has 18 heavy (non-hydrogen) atoms. The number of ether oxygens (including phenoxy) is 1. The number of carboxylic acids is 1. The minimum Gasteiger partial charge on any atom is -0.478 e. The molecule has 0 aliphatic carbocycles. The van der Waals surface area contributed by atoms with Crippen LogP contribution >= 0.6 is 0 Å². The van der Waals surface area contributed by atoms with E-state index >= 15 is 0 Å². The van der Waals surface area contributed by atoms with Gasteiger partial charge in [-0.3, -0.25) is 0 Å². The molecule has 1 rings (SSSR count). The SMILES string of the molecule is CCC/C=C(/C(=O)O)C1=C(C)CC(C)(C)OCC1. The highest BCUT2D eigenvalue weighted by atomic mass is 16.5. The molecule has 0 unspecified atom stereocenters. The molecule has 1 heterocycles. The summed E-state index contributed by atoms with van der Waals surface area (Å²) < 4.78 is 5.76. The summed E-state index contributed by atoms with van der Waals surface area (Å²) in [5.41, 5.74) is 2.37. The first-order chi connectivity index (χ1) is 8.37. The van der Waals surface area contributed by atoms with Crippen molar-refractivity contribution in [3.8, 4) is 0 Å². The van der Waals surface area contributed by atoms with E-state index in [4.69, 9.17) is 4.74 Å². The van der Waals surface area contributed by atoms with Crippen molar-refractivity contribution in [2.45, 2.75) is 59.0 Å². The van der Waals surface area contributed by atoms with Gasteiger partial charge in [0.25, 0.3) is 0 Å². The molecule has 0 amide bonds. The fraction of sp³-hybridized carbons (Fsp3) is 0.667. The van der Waals surface area contributed by atoms with Crippen LogP contribution in [0.4, 0.5) is 0 Å². The molecule has 0 saturated carbocycles. The molecule has 0 aromatic carbocycles. The van der Waals surface area contributed by atoms with Crippen molar-refractivity contribution in [2.75, 3.05) is 6.61 Å². The maximum Gasteiger partial charge on any atom is 0.335 e. The summed E-state index contributed by atoms with van der Waals surface area (Å²) in [6, 6.07) is 0. The van der Waals surface area contributed by atoms with Crippen LogP contribution in [0.2, 0.25) is 0 Å². The number of aliphatic carboxylic acids is 1. The standard InChI is InChI=1S/C15H24O3/c1-5-6-7-13(14(16)17)12-8-9-18-15(3,4)10-11(12)2/h7H,5-6,8-10H2,1-4H3,(H,16,17)/b13-7+. The maximum absolute atomic E-state index is 11.4. The lowest BCUT2D eigenvalue weighted by atomic mass is 9.91. The molecule has 1 aliphatic heterocycles. The summed E-state index contributed by atoms with van der Waals surface area (Å²) in [7, 11) is 0. The van der Waals surface area contributed by atoms with Crippen LogP contribution in [0.25, 0.3) is 0 Å². The zero-order chi connectivity index (χ0) is 13.8. The van der Waals surface area contributed by atoms with Gasteiger partial charge in [0.15, 0.2) is 0 Å². The highest BCUT2D eigenvalue weighted by molar-refractivity contribution is 5.92. The van der Waals surface area contributed by atoms with E-state index in [0.29, 0.717) is 18.6 Å².